The fraction of sp³-hybridized carbons (Fsp3) is 0.364. The average molecular weight is 487 g/mol. The van der Waals surface area contributed by atoms with Crippen molar-refractivity contribution in [2.75, 3.05) is 5.32 Å². The number of anilines is 1. The average Bonchev–Trinajstić information content (AvgIpc) is 3.05. The summed E-state index contributed by atoms with van der Waals surface area (Å²) in [5, 5.41) is 3.10. The molecule has 0 bridgehead atoms. The number of carbonyl (C=O) groups excluding carboxylic acids is 2. The van der Waals surface area contributed by atoms with Gasteiger partial charge in [0.05, 0.1) is 11.9 Å². The highest BCUT2D eigenvalue weighted by molar-refractivity contribution is 9.10. The summed E-state index contributed by atoms with van der Waals surface area (Å²) in [5.74, 6) is -0.185. The lowest BCUT2D eigenvalue weighted by atomic mass is 9.94. The summed E-state index contributed by atoms with van der Waals surface area (Å²) in [5.41, 5.74) is 1.43. The summed E-state index contributed by atoms with van der Waals surface area (Å²) >= 11 is 4.77. The number of aliphatic imine (C=N–C) groups is 1. The van der Waals surface area contributed by atoms with Crippen molar-refractivity contribution in [1.82, 2.24) is 9.88 Å². The molecule has 1 saturated heterocycles. The molecule has 2 aromatic rings. The molecule has 1 atom stereocenters. The molecular weight excluding hydrogens is 464 g/mol. The summed E-state index contributed by atoms with van der Waals surface area (Å²) < 4.78 is 0.946. The number of halogens is 1. The molecule has 1 aliphatic carbocycles. The zero-order chi connectivity index (χ0) is 20.9. The second-order valence-corrected chi connectivity index (χ2v) is 9.56. The fourth-order valence-corrected chi connectivity index (χ4v) is 5.29. The lowest BCUT2D eigenvalue weighted by molar-refractivity contribution is -0.130. The minimum Gasteiger partial charge on any atom is -0.326 e. The maximum atomic E-state index is 13.3. The van der Waals surface area contributed by atoms with Crippen molar-refractivity contribution in [1.29, 1.82) is 0 Å². The van der Waals surface area contributed by atoms with Crippen molar-refractivity contribution in [2.24, 2.45) is 4.99 Å². The maximum absolute atomic E-state index is 13.3. The van der Waals surface area contributed by atoms with Crippen LogP contribution in [0.2, 0.25) is 0 Å². The van der Waals surface area contributed by atoms with Gasteiger partial charge in [-0.25, -0.2) is 4.99 Å². The minimum absolute atomic E-state index is 0.0134. The maximum Gasteiger partial charge on any atom is 0.242 e. The zero-order valence-electron chi connectivity index (χ0n) is 16.5. The highest BCUT2D eigenvalue weighted by Gasteiger charge is 2.42. The van der Waals surface area contributed by atoms with Gasteiger partial charge in [-0.2, -0.15) is 0 Å². The predicted octanol–water partition coefficient (Wildman–Crippen LogP) is 5.14. The molecule has 1 aromatic carbocycles. The predicted molar refractivity (Wildman–Crippen MR) is 124 cm³/mol. The monoisotopic (exact) mass is 486 g/mol. The van der Waals surface area contributed by atoms with E-state index in [0.29, 0.717) is 16.5 Å². The van der Waals surface area contributed by atoms with Crippen LogP contribution in [0, 0.1) is 0 Å². The highest BCUT2D eigenvalue weighted by atomic mass is 79.9. The Morgan fingerprint density at radius 3 is 2.67 bits per heavy atom. The van der Waals surface area contributed by atoms with Gasteiger partial charge in [-0.15, -0.1) is 0 Å². The molecule has 0 radical (unpaired) electrons. The van der Waals surface area contributed by atoms with Crippen LogP contribution in [0.4, 0.5) is 11.4 Å². The van der Waals surface area contributed by atoms with Crippen LogP contribution in [0.25, 0.3) is 0 Å². The molecule has 156 valence electrons. The minimum atomic E-state index is -0.460. The largest absolute Gasteiger partial charge is 0.326 e. The Morgan fingerprint density at radius 1 is 1.20 bits per heavy atom. The lowest BCUT2D eigenvalue weighted by Crippen LogP contribution is -2.42. The van der Waals surface area contributed by atoms with Crippen LogP contribution >= 0.6 is 27.7 Å². The molecule has 1 saturated carbocycles. The summed E-state index contributed by atoms with van der Waals surface area (Å²) in [6.07, 6.45) is 8.92. The van der Waals surface area contributed by atoms with Crippen LogP contribution in [0.5, 0.6) is 0 Å². The van der Waals surface area contributed by atoms with E-state index in [2.05, 4.69) is 26.2 Å². The number of carbonyl (C=O) groups is 2. The molecule has 4 rings (SSSR count). The van der Waals surface area contributed by atoms with E-state index in [1.165, 1.54) is 18.2 Å². The SMILES string of the molecule is O=C(CC1SC(=Nc2cccnc2)N(C2CCCCC2)C1=O)Nc1ccc(Br)cc1. The number of aromatic nitrogens is 1. The van der Waals surface area contributed by atoms with Crippen LogP contribution in [-0.2, 0) is 9.59 Å². The van der Waals surface area contributed by atoms with Gasteiger partial charge in [-0.3, -0.25) is 19.5 Å². The molecule has 2 amide bonds. The summed E-state index contributed by atoms with van der Waals surface area (Å²) in [6.45, 7) is 0. The van der Waals surface area contributed by atoms with Crippen LogP contribution in [-0.4, -0.2) is 38.2 Å². The molecule has 1 unspecified atom stereocenters. The third kappa shape index (κ3) is 5.10. The number of thioether (sulfide) groups is 1. The van der Waals surface area contributed by atoms with Crippen molar-refractivity contribution in [2.45, 2.75) is 49.8 Å². The van der Waals surface area contributed by atoms with Gasteiger partial charge in [-0.05, 0) is 49.2 Å². The van der Waals surface area contributed by atoms with Crippen molar-refractivity contribution in [3.8, 4) is 0 Å². The van der Waals surface area contributed by atoms with E-state index in [4.69, 9.17) is 4.99 Å². The number of pyridine rings is 1. The first kappa shape index (κ1) is 21.1. The summed E-state index contributed by atoms with van der Waals surface area (Å²) in [6, 6.07) is 11.3. The van der Waals surface area contributed by atoms with Gasteiger partial charge >= 0.3 is 0 Å². The molecular formula is C22H23BrN4O2S. The molecule has 1 aromatic heterocycles. The van der Waals surface area contributed by atoms with E-state index >= 15 is 0 Å². The van der Waals surface area contributed by atoms with E-state index in [9.17, 15) is 9.59 Å². The van der Waals surface area contributed by atoms with E-state index in [0.717, 1.165) is 30.2 Å². The van der Waals surface area contributed by atoms with Gasteiger partial charge in [0.2, 0.25) is 11.8 Å². The number of nitrogens with one attached hydrogen (secondary N) is 1. The zero-order valence-corrected chi connectivity index (χ0v) is 18.9. The third-order valence-electron chi connectivity index (χ3n) is 5.28. The Kier molecular flexibility index (Phi) is 6.84. The van der Waals surface area contributed by atoms with Gasteiger partial charge in [0.25, 0.3) is 0 Å². The van der Waals surface area contributed by atoms with Gasteiger partial charge in [0.15, 0.2) is 5.17 Å². The van der Waals surface area contributed by atoms with Crippen molar-refractivity contribution in [3.05, 3.63) is 53.3 Å². The van der Waals surface area contributed by atoms with E-state index in [-0.39, 0.29) is 24.3 Å². The Bertz CT molecular complexity index is 930. The molecule has 8 heteroatoms. The van der Waals surface area contributed by atoms with Gasteiger partial charge in [0.1, 0.15) is 5.25 Å². The van der Waals surface area contributed by atoms with Crippen LogP contribution in [0.3, 0.4) is 0 Å². The topological polar surface area (TPSA) is 74.7 Å². The number of amides is 2. The van der Waals surface area contributed by atoms with Crippen molar-refractivity contribution in [3.63, 3.8) is 0 Å². The Labute approximate surface area is 188 Å². The second kappa shape index (κ2) is 9.75. The Balaban J connectivity index is 1.51. The summed E-state index contributed by atoms with van der Waals surface area (Å²) in [7, 11) is 0. The molecule has 0 spiro atoms. The van der Waals surface area contributed by atoms with E-state index in [1.54, 1.807) is 12.4 Å². The van der Waals surface area contributed by atoms with Gasteiger partial charge < -0.3 is 5.32 Å². The van der Waals surface area contributed by atoms with Crippen molar-refractivity contribution < 1.29 is 9.59 Å². The molecule has 2 heterocycles. The Morgan fingerprint density at radius 2 is 1.97 bits per heavy atom. The van der Waals surface area contributed by atoms with Gasteiger partial charge in [0, 0.05) is 28.8 Å². The first-order valence-corrected chi connectivity index (χ1v) is 11.8. The highest BCUT2D eigenvalue weighted by Crippen LogP contribution is 2.36. The van der Waals surface area contributed by atoms with Crippen LogP contribution in [0.1, 0.15) is 38.5 Å². The number of hydrogen-bond acceptors (Lipinski definition) is 5. The van der Waals surface area contributed by atoms with Gasteiger partial charge in [-0.1, -0.05) is 47.0 Å². The molecule has 1 aliphatic heterocycles. The molecule has 2 aliphatic rings. The number of hydrogen-bond donors (Lipinski definition) is 1. The third-order valence-corrected chi connectivity index (χ3v) is 6.96. The number of nitrogens with zero attached hydrogens (tertiary/aromatic N) is 3. The van der Waals surface area contributed by atoms with E-state index < -0.39 is 5.25 Å². The van der Waals surface area contributed by atoms with Crippen molar-refractivity contribution >= 4 is 56.0 Å². The second-order valence-electron chi connectivity index (χ2n) is 7.47. The fourth-order valence-electron chi connectivity index (χ4n) is 3.81. The molecule has 30 heavy (non-hydrogen) atoms. The van der Waals surface area contributed by atoms with E-state index in [1.807, 2.05) is 41.3 Å². The van der Waals surface area contributed by atoms with Crippen LogP contribution in [0.15, 0.2) is 58.3 Å². The number of rotatable bonds is 5. The molecule has 6 nitrogen and oxygen atoms in total. The number of amidine groups is 1. The number of benzene rings is 1. The summed E-state index contributed by atoms with van der Waals surface area (Å²) in [4.78, 5) is 36.5. The first-order chi connectivity index (χ1) is 14.6. The molecule has 1 N–H and O–H groups in total. The first-order valence-electron chi connectivity index (χ1n) is 10.1. The van der Waals surface area contributed by atoms with Crippen LogP contribution < -0.4 is 5.32 Å². The normalized spacial score (nSPS) is 21.2. The smallest absolute Gasteiger partial charge is 0.242 e. The lowest BCUT2D eigenvalue weighted by Gasteiger charge is -2.30. The standard InChI is InChI=1S/C22H23BrN4O2S/c23-15-8-10-16(11-9-15)25-20(28)13-19-21(29)27(18-6-2-1-3-7-18)22(30-19)26-17-5-4-12-24-14-17/h4-5,8-12,14,18-19H,1-3,6-7,13H2,(H,25,28). The Hall–Kier alpha value is -2.19. The quantitative estimate of drug-likeness (QED) is 0.634. The molecule has 2 fully saturated rings.